The molecule has 1 unspecified atom stereocenters. The minimum atomic E-state index is -0.872. The van der Waals surface area contributed by atoms with E-state index in [2.05, 4.69) is 5.32 Å². The zero-order valence-corrected chi connectivity index (χ0v) is 12.1. The predicted molar refractivity (Wildman–Crippen MR) is 81.0 cm³/mol. The van der Waals surface area contributed by atoms with E-state index in [1.54, 1.807) is 24.3 Å². The Labute approximate surface area is 128 Å². The summed E-state index contributed by atoms with van der Waals surface area (Å²) >= 11 is 5.97. The Morgan fingerprint density at radius 2 is 1.81 bits per heavy atom. The molecular weight excluding hydrogens is 290 g/mol. The summed E-state index contributed by atoms with van der Waals surface area (Å²) in [6.07, 6.45) is -1.45. The third kappa shape index (κ3) is 4.77. The van der Waals surface area contributed by atoms with Crippen molar-refractivity contribution in [3.05, 3.63) is 70.7 Å². The number of hydrogen-bond donors (Lipinski definition) is 2. The van der Waals surface area contributed by atoms with Gasteiger partial charge >= 0.3 is 6.09 Å². The number of rotatable bonds is 5. The molecule has 1 atom stereocenters. The molecule has 1 amide bonds. The van der Waals surface area contributed by atoms with E-state index in [-0.39, 0.29) is 13.2 Å². The summed E-state index contributed by atoms with van der Waals surface area (Å²) in [5, 5.41) is 13.0. The molecule has 0 radical (unpaired) electrons. The first-order valence-corrected chi connectivity index (χ1v) is 6.91. The van der Waals surface area contributed by atoms with Crippen LogP contribution in [0.1, 0.15) is 17.2 Å². The number of nitrogens with one attached hydrogen (secondary N) is 1. The third-order valence-electron chi connectivity index (χ3n) is 2.92. The fraction of sp³-hybridized carbons (Fsp3) is 0.188. The van der Waals surface area contributed by atoms with Crippen molar-refractivity contribution >= 4 is 17.7 Å². The van der Waals surface area contributed by atoms with E-state index in [1.165, 1.54) is 0 Å². The van der Waals surface area contributed by atoms with Crippen LogP contribution in [0.5, 0.6) is 0 Å². The molecule has 2 N–H and O–H groups in total. The third-order valence-corrected chi connectivity index (χ3v) is 3.26. The number of benzene rings is 2. The highest BCUT2D eigenvalue weighted by molar-refractivity contribution is 6.31. The Balaban J connectivity index is 1.77. The van der Waals surface area contributed by atoms with Crippen LogP contribution in [0.15, 0.2) is 54.6 Å². The molecule has 0 aromatic heterocycles. The van der Waals surface area contributed by atoms with Gasteiger partial charge in [-0.15, -0.1) is 0 Å². The van der Waals surface area contributed by atoms with Crippen LogP contribution in [-0.4, -0.2) is 17.7 Å². The molecule has 110 valence electrons. The van der Waals surface area contributed by atoms with Crippen molar-refractivity contribution < 1.29 is 14.6 Å². The van der Waals surface area contributed by atoms with E-state index >= 15 is 0 Å². The lowest BCUT2D eigenvalue weighted by molar-refractivity contribution is 0.126. The SMILES string of the molecule is O=C(NCC(O)c1ccccc1Cl)OCc1ccccc1. The highest BCUT2D eigenvalue weighted by Gasteiger charge is 2.12. The van der Waals surface area contributed by atoms with Crippen molar-refractivity contribution in [1.29, 1.82) is 0 Å². The van der Waals surface area contributed by atoms with E-state index in [0.717, 1.165) is 5.56 Å². The van der Waals surface area contributed by atoms with Crippen molar-refractivity contribution in [2.75, 3.05) is 6.54 Å². The molecule has 4 nitrogen and oxygen atoms in total. The van der Waals surface area contributed by atoms with Crippen LogP contribution in [0, 0.1) is 0 Å². The zero-order chi connectivity index (χ0) is 15.1. The lowest BCUT2D eigenvalue weighted by Gasteiger charge is -2.13. The van der Waals surface area contributed by atoms with Crippen molar-refractivity contribution in [3.63, 3.8) is 0 Å². The number of alkyl carbamates (subject to hydrolysis) is 1. The van der Waals surface area contributed by atoms with Crippen LogP contribution in [-0.2, 0) is 11.3 Å². The summed E-state index contributed by atoms with van der Waals surface area (Å²) in [6, 6.07) is 16.3. The van der Waals surface area contributed by atoms with Crippen LogP contribution < -0.4 is 5.32 Å². The molecular formula is C16H16ClNO3. The first-order chi connectivity index (χ1) is 10.2. The van der Waals surface area contributed by atoms with Gasteiger partial charge in [-0.05, 0) is 11.6 Å². The van der Waals surface area contributed by atoms with Gasteiger partial charge in [-0.3, -0.25) is 0 Å². The Bertz CT molecular complexity index is 589. The molecule has 5 heteroatoms. The van der Waals surface area contributed by atoms with Crippen LogP contribution in [0.2, 0.25) is 5.02 Å². The highest BCUT2D eigenvalue weighted by atomic mass is 35.5. The van der Waals surface area contributed by atoms with Crippen LogP contribution in [0.3, 0.4) is 0 Å². The summed E-state index contributed by atoms with van der Waals surface area (Å²) in [6.45, 7) is 0.228. The van der Waals surface area contributed by atoms with Crippen molar-refractivity contribution in [2.24, 2.45) is 0 Å². The minimum Gasteiger partial charge on any atom is -0.445 e. The van der Waals surface area contributed by atoms with Crippen molar-refractivity contribution in [2.45, 2.75) is 12.7 Å². The number of hydrogen-bond acceptors (Lipinski definition) is 3. The molecule has 0 fully saturated rings. The minimum absolute atomic E-state index is 0.0390. The quantitative estimate of drug-likeness (QED) is 0.891. The monoisotopic (exact) mass is 305 g/mol. The Kier molecular flexibility index (Phi) is 5.60. The fourth-order valence-electron chi connectivity index (χ4n) is 1.81. The van der Waals surface area contributed by atoms with E-state index in [0.29, 0.717) is 10.6 Å². The van der Waals surface area contributed by atoms with E-state index < -0.39 is 12.2 Å². The fourth-order valence-corrected chi connectivity index (χ4v) is 2.07. The summed E-state index contributed by atoms with van der Waals surface area (Å²) in [5.41, 5.74) is 1.47. The molecule has 0 aliphatic rings. The van der Waals surface area contributed by atoms with Gasteiger partial charge in [0.1, 0.15) is 6.61 Å². The van der Waals surface area contributed by atoms with Gasteiger partial charge in [0.2, 0.25) is 0 Å². The summed E-state index contributed by atoms with van der Waals surface area (Å²) in [5.74, 6) is 0. The number of ether oxygens (including phenoxy) is 1. The first-order valence-electron chi connectivity index (χ1n) is 6.54. The average molecular weight is 306 g/mol. The van der Waals surface area contributed by atoms with E-state index in [4.69, 9.17) is 16.3 Å². The van der Waals surface area contributed by atoms with Crippen molar-refractivity contribution in [1.82, 2.24) is 5.32 Å². The van der Waals surface area contributed by atoms with Crippen molar-refractivity contribution in [3.8, 4) is 0 Å². The smallest absolute Gasteiger partial charge is 0.407 e. The molecule has 0 spiro atoms. The number of aliphatic hydroxyl groups excluding tert-OH is 1. The van der Waals surface area contributed by atoms with Crippen LogP contribution >= 0.6 is 11.6 Å². The second-order valence-electron chi connectivity index (χ2n) is 4.48. The number of carbonyl (C=O) groups is 1. The van der Waals surface area contributed by atoms with E-state index in [9.17, 15) is 9.90 Å². The zero-order valence-electron chi connectivity index (χ0n) is 11.3. The van der Waals surface area contributed by atoms with Gasteiger partial charge in [0.15, 0.2) is 0 Å². The van der Waals surface area contributed by atoms with Gasteiger partial charge < -0.3 is 15.2 Å². The number of carbonyl (C=O) groups excluding carboxylic acids is 1. The maximum absolute atomic E-state index is 11.6. The summed E-state index contributed by atoms with van der Waals surface area (Å²) in [4.78, 5) is 11.6. The molecule has 0 heterocycles. The van der Waals surface area contributed by atoms with Crippen LogP contribution in [0.4, 0.5) is 4.79 Å². The molecule has 2 rings (SSSR count). The standard InChI is InChI=1S/C16H16ClNO3/c17-14-9-5-4-8-13(14)15(19)10-18-16(20)21-11-12-6-2-1-3-7-12/h1-9,15,19H,10-11H2,(H,18,20). The van der Waals surface area contributed by atoms with Gasteiger partial charge in [0, 0.05) is 10.6 Å². The topological polar surface area (TPSA) is 58.6 Å². The Morgan fingerprint density at radius 3 is 2.52 bits per heavy atom. The number of halogens is 1. The second-order valence-corrected chi connectivity index (χ2v) is 4.89. The van der Waals surface area contributed by atoms with E-state index in [1.807, 2.05) is 30.3 Å². The van der Waals surface area contributed by atoms with Gasteiger partial charge in [0.05, 0.1) is 12.6 Å². The highest BCUT2D eigenvalue weighted by Crippen LogP contribution is 2.21. The second kappa shape index (κ2) is 7.67. The normalized spacial score (nSPS) is 11.7. The predicted octanol–water partition coefficient (Wildman–Crippen LogP) is 3.30. The van der Waals surface area contributed by atoms with Gasteiger partial charge in [0.25, 0.3) is 0 Å². The molecule has 2 aromatic rings. The lowest BCUT2D eigenvalue weighted by Crippen LogP contribution is -2.29. The first kappa shape index (κ1) is 15.4. The summed E-state index contributed by atoms with van der Waals surface area (Å²) in [7, 11) is 0. The maximum Gasteiger partial charge on any atom is 0.407 e. The Hall–Kier alpha value is -2.04. The number of aliphatic hydroxyl groups is 1. The molecule has 0 saturated carbocycles. The number of amides is 1. The molecule has 0 bridgehead atoms. The lowest BCUT2D eigenvalue weighted by atomic mass is 10.1. The largest absolute Gasteiger partial charge is 0.445 e. The molecule has 21 heavy (non-hydrogen) atoms. The molecule has 2 aromatic carbocycles. The summed E-state index contributed by atoms with van der Waals surface area (Å²) < 4.78 is 5.05. The maximum atomic E-state index is 11.6. The molecule has 0 saturated heterocycles. The van der Waals surface area contributed by atoms with Gasteiger partial charge in [-0.1, -0.05) is 60.1 Å². The Morgan fingerprint density at radius 1 is 1.14 bits per heavy atom. The van der Waals surface area contributed by atoms with Crippen LogP contribution in [0.25, 0.3) is 0 Å². The molecule has 0 aliphatic carbocycles. The average Bonchev–Trinajstić information content (AvgIpc) is 2.52. The van der Waals surface area contributed by atoms with Gasteiger partial charge in [-0.2, -0.15) is 0 Å². The molecule has 0 aliphatic heterocycles. The van der Waals surface area contributed by atoms with Gasteiger partial charge in [-0.25, -0.2) is 4.79 Å².